The van der Waals surface area contributed by atoms with E-state index in [1.807, 2.05) is 7.05 Å². The van der Waals surface area contributed by atoms with Gasteiger partial charge in [-0.2, -0.15) is 0 Å². The summed E-state index contributed by atoms with van der Waals surface area (Å²) in [7, 11) is 3.55. The molecule has 1 saturated heterocycles. The molecule has 1 heterocycles. The standard InChI is InChI=1S/C18H28N4O3/c1-19-10-7-14-8-11-22(12-9-14)13-17(23)21-18(24)20-15-3-5-16(25-2)6-4-15/h3-6,14,19H,7-13H2,1-2H3,(H2,20,21,23,24). The van der Waals surface area contributed by atoms with E-state index < -0.39 is 6.03 Å². The second-order valence-electron chi connectivity index (χ2n) is 6.34. The van der Waals surface area contributed by atoms with E-state index in [4.69, 9.17) is 4.74 Å². The molecule has 0 saturated carbocycles. The minimum atomic E-state index is -0.515. The van der Waals surface area contributed by atoms with Crippen molar-refractivity contribution in [3.8, 4) is 5.75 Å². The van der Waals surface area contributed by atoms with Crippen molar-refractivity contribution in [1.82, 2.24) is 15.5 Å². The molecule has 2 rings (SSSR count). The van der Waals surface area contributed by atoms with Crippen LogP contribution in [0.1, 0.15) is 19.3 Å². The number of carbonyl (C=O) groups excluding carboxylic acids is 2. The largest absolute Gasteiger partial charge is 0.497 e. The van der Waals surface area contributed by atoms with Crippen LogP contribution < -0.4 is 20.7 Å². The topological polar surface area (TPSA) is 82.7 Å². The van der Waals surface area contributed by atoms with Gasteiger partial charge in [0.1, 0.15) is 5.75 Å². The highest BCUT2D eigenvalue weighted by Crippen LogP contribution is 2.19. The molecule has 0 atom stereocenters. The van der Waals surface area contributed by atoms with Crippen molar-refractivity contribution in [3.05, 3.63) is 24.3 Å². The molecule has 1 aromatic carbocycles. The number of benzene rings is 1. The summed E-state index contributed by atoms with van der Waals surface area (Å²) in [5.74, 6) is 1.16. The Labute approximate surface area is 149 Å². The van der Waals surface area contributed by atoms with Crippen molar-refractivity contribution in [2.75, 3.05) is 45.7 Å². The lowest BCUT2D eigenvalue weighted by Gasteiger charge is -2.31. The normalized spacial score (nSPS) is 15.6. The smallest absolute Gasteiger partial charge is 0.325 e. The summed E-state index contributed by atoms with van der Waals surface area (Å²) in [6, 6.07) is 6.42. The zero-order valence-corrected chi connectivity index (χ0v) is 15.0. The lowest BCUT2D eigenvalue weighted by Crippen LogP contribution is -2.44. The average Bonchev–Trinajstić information content (AvgIpc) is 2.61. The first kappa shape index (κ1) is 19.2. The van der Waals surface area contributed by atoms with Gasteiger partial charge >= 0.3 is 6.03 Å². The van der Waals surface area contributed by atoms with Crippen molar-refractivity contribution in [1.29, 1.82) is 0 Å². The highest BCUT2D eigenvalue weighted by atomic mass is 16.5. The number of hydrogen-bond donors (Lipinski definition) is 3. The van der Waals surface area contributed by atoms with Gasteiger partial charge in [-0.3, -0.25) is 15.0 Å². The number of carbonyl (C=O) groups is 2. The Hall–Kier alpha value is -2.12. The third kappa shape index (κ3) is 6.72. The van der Waals surface area contributed by atoms with E-state index in [9.17, 15) is 9.59 Å². The van der Waals surface area contributed by atoms with Crippen LogP contribution in [0.25, 0.3) is 0 Å². The summed E-state index contributed by atoms with van der Waals surface area (Å²) in [6.45, 7) is 3.11. The highest BCUT2D eigenvalue weighted by Gasteiger charge is 2.21. The van der Waals surface area contributed by atoms with Crippen molar-refractivity contribution >= 4 is 17.6 Å². The van der Waals surface area contributed by atoms with Crippen LogP contribution in [0.3, 0.4) is 0 Å². The van der Waals surface area contributed by atoms with Gasteiger partial charge in [0.2, 0.25) is 5.91 Å². The number of piperidine rings is 1. The van der Waals surface area contributed by atoms with Crippen molar-refractivity contribution in [3.63, 3.8) is 0 Å². The number of urea groups is 1. The molecule has 1 fully saturated rings. The van der Waals surface area contributed by atoms with Crippen LogP contribution in [-0.2, 0) is 4.79 Å². The van der Waals surface area contributed by atoms with Gasteiger partial charge in [-0.25, -0.2) is 4.79 Å². The van der Waals surface area contributed by atoms with Gasteiger partial charge in [0.25, 0.3) is 0 Å². The Balaban J connectivity index is 1.68. The lowest BCUT2D eigenvalue weighted by molar-refractivity contribution is -0.121. The number of nitrogens with zero attached hydrogens (tertiary/aromatic N) is 1. The molecule has 138 valence electrons. The minimum absolute atomic E-state index is 0.259. The number of hydrogen-bond acceptors (Lipinski definition) is 5. The Morgan fingerprint density at radius 3 is 2.48 bits per heavy atom. The molecule has 7 heteroatoms. The quantitative estimate of drug-likeness (QED) is 0.698. The monoisotopic (exact) mass is 348 g/mol. The molecule has 0 unspecified atom stereocenters. The van der Waals surface area contributed by atoms with E-state index in [0.717, 1.165) is 38.4 Å². The van der Waals surface area contributed by atoms with E-state index in [-0.39, 0.29) is 12.5 Å². The Morgan fingerprint density at radius 2 is 1.88 bits per heavy atom. The number of rotatable bonds is 7. The molecular weight excluding hydrogens is 320 g/mol. The molecule has 1 aromatic rings. The summed E-state index contributed by atoms with van der Waals surface area (Å²) < 4.78 is 5.06. The fourth-order valence-corrected chi connectivity index (χ4v) is 2.99. The summed E-state index contributed by atoms with van der Waals surface area (Å²) in [5, 5.41) is 8.19. The second-order valence-corrected chi connectivity index (χ2v) is 6.34. The average molecular weight is 348 g/mol. The molecule has 0 spiro atoms. The van der Waals surface area contributed by atoms with Gasteiger partial charge in [-0.15, -0.1) is 0 Å². The Morgan fingerprint density at radius 1 is 1.20 bits per heavy atom. The number of imide groups is 1. The molecule has 0 radical (unpaired) electrons. The highest BCUT2D eigenvalue weighted by molar-refractivity contribution is 6.01. The van der Waals surface area contributed by atoms with Crippen LogP contribution in [0.15, 0.2) is 24.3 Å². The summed E-state index contributed by atoms with van der Waals surface area (Å²) >= 11 is 0. The van der Waals surface area contributed by atoms with Crippen LogP contribution in [-0.4, -0.2) is 57.2 Å². The van der Waals surface area contributed by atoms with Gasteiger partial charge in [0, 0.05) is 5.69 Å². The van der Waals surface area contributed by atoms with Crippen LogP contribution in [0.5, 0.6) is 5.75 Å². The number of anilines is 1. The maximum Gasteiger partial charge on any atom is 0.325 e. The van der Waals surface area contributed by atoms with E-state index in [1.165, 1.54) is 6.42 Å². The van der Waals surface area contributed by atoms with Gasteiger partial charge in [-0.05, 0) is 76.1 Å². The van der Waals surface area contributed by atoms with Crippen LogP contribution in [0, 0.1) is 5.92 Å². The number of ether oxygens (including phenoxy) is 1. The molecular formula is C18H28N4O3. The summed E-state index contributed by atoms with van der Waals surface area (Å²) in [4.78, 5) is 26.0. The summed E-state index contributed by atoms with van der Waals surface area (Å²) in [6.07, 6.45) is 3.39. The van der Waals surface area contributed by atoms with E-state index in [0.29, 0.717) is 11.4 Å². The first-order valence-corrected chi connectivity index (χ1v) is 8.72. The molecule has 3 N–H and O–H groups in total. The number of likely N-dealkylation sites (tertiary alicyclic amines) is 1. The number of methoxy groups -OCH3 is 1. The minimum Gasteiger partial charge on any atom is -0.497 e. The number of amides is 3. The van der Waals surface area contributed by atoms with Crippen LogP contribution >= 0.6 is 0 Å². The van der Waals surface area contributed by atoms with Crippen molar-refractivity contribution in [2.45, 2.75) is 19.3 Å². The second kappa shape index (κ2) is 10.0. The van der Waals surface area contributed by atoms with Gasteiger partial charge in [-0.1, -0.05) is 0 Å². The molecule has 1 aliphatic rings. The molecule has 0 bridgehead atoms. The fraction of sp³-hybridized carbons (Fsp3) is 0.556. The molecule has 0 aromatic heterocycles. The number of nitrogens with one attached hydrogen (secondary N) is 3. The fourth-order valence-electron chi connectivity index (χ4n) is 2.99. The van der Waals surface area contributed by atoms with Gasteiger partial charge < -0.3 is 15.4 Å². The zero-order valence-electron chi connectivity index (χ0n) is 15.0. The Kier molecular flexibility index (Phi) is 7.69. The van der Waals surface area contributed by atoms with Gasteiger partial charge in [0.15, 0.2) is 0 Å². The Bertz CT molecular complexity index is 554. The van der Waals surface area contributed by atoms with Crippen molar-refractivity contribution in [2.24, 2.45) is 5.92 Å². The summed E-state index contributed by atoms with van der Waals surface area (Å²) in [5.41, 5.74) is 0.608. The molecule has 25 heavy (non-hydrogen) atoms. The molecule has 7 nitrogen and oxygen atoms in total. The van der Waals surface area contributed by atoms with Crippen molar-refractivity contribution < 1.29 is 14.3 Å². The first-order chi connectivity index (χ1) is 12.1. The molecule has 0 aliphatic carbocycles. The predicted molar refractivity (Wildman–Crippen MR) is 97.9 cm³/mol. The van der Waals surface area contributed by atoms with Gasteiger partial charge in [0.05, 0.1) is 13.7 Å². The zero-order chi connectivity index (χ0) is 18.1. The third-order valence-electron chi connectivity index (χ3n) is 4.48. The van der Waals surface area contributed by atoms with E-state index >= 15 is 0 Å². The first-order valence-electron chi connectivity index (χ1n) is 8.72. The molecule has 1 aliphatic heterocycles. The maximum absolute atomic E-state index is 12.0. The lowest BCUT2D eigenvalue weighted by atomic mass is 9.93. The van der Waals surface area contributed by atoms with E-state index in [2.05, 4.69) is 20.9 Å². The predicted octanol–water partition coefficient (Wildman–Crippen LogP) is 1.66. The van der Waals surface area contributed by atoms with E-state index in [1.54, 1.807) is 31.4 Å². The van der Waals surface area contributed by atoms with Crippen LogP contribution in [0.4, 0.5) is 10.5 Å². The third-order valence-corrected chi connectivity index (χ3v) is 4.48. The maximum atomic E-state index is 12.0. The molecule has 3 amide bonds. The van der Waals surface area contributed by atoms with Crippen LogP contribution in [0.2, 0.25) is 0 Å². The SMILES string of the molecule is CNCCC1CCN(CC(=O)NC(=O)Nc2ccc(OC)cc2)CC1.